The Labute approximate surface area is 143 Å². The molecular formula is C16H15N3O4S. The number of benzene rings is 1. The summed E-state index contributed by atoms with van der Waals surface area (Å²) in [6, 6.07) is 8.96. The van der Waals surface area contributed by atoms with Crippen molar-refractivity contribution in [1.29, 1.82) is 0 Å². The summed E-state index contributed by atoms with van der Waals surface area (Å²) in [5, 5.41) is 2.83. The van der Waals surface area contributed by atoms with Crippen LogP contribution >= 0.6 is 12.2 Å². The minimum absolute atomic E-state index is 0.0274. The number of esters is 2. The molecule has 0 saturated heterocycles. The molecule has 0 fully saturated rings. The van der Waals surface area contributed by atoms with Gasteiger partial charge in [-0.3, -0.25) is 0 Å². The van der Waals surface area contributed by atoms with E-state index in [2.05, 4.69) is 24.8 Å². The van der Waals surface area contributed by atoms with Crippen LogP contribution in [-0.4, -0.2) is 36.1 Å². The second kappa shape index (κ2) is 8.02. The van der Waals surface area contributed by atoms with Crippen LogP contribution in [0.25, 0.3) is 11.3 Å². The fourth-order valence-corrected chi connectivity index (χ4v) is 2.03. The average molecular weight is 345 g/mol. The molecule has 0 saturated carbocycles. The smallest absolute Gasteiger partial charge is 0.354 e. The minimum atomic E-state index is -0.678. The Hall–Kier alpha value is -3.00. The molecule has 7 nitrogen and oxygen atoms in total. The molecule has 0 aliphatic carbocycles. The molecule has 0 spiro atoms. The van der Waals surface area contributed by atoms with Crippen LogP contribution in [0.2, 0.25) is 0 Å². The molecule has 2 N–H and O–H groups in total. The van der Waals surface area contributed by atoms with Crippen molar-refractivity contribution in [2.45, 2.75) is 0 Å². The van der Waals surface area contributed by atoms with Crippen molar-refractivity contribution >= 4 is 29.8 Å². The van der Waals surface area contributed by atoms with Crippen LogP contribution in [0.4, 0.5) is 5.69 Å². The Morgan fingerprint density at radius 1 is 1.17 bits per heavy atom. The molecule has 0 amide bonds. The van der Waals surface area contributed by atoms with Crippen LogP contribution in [0, 0.1) is 4.77 Å². The van der Waals surface area contributed by atoms with E-state index in [0.29, 0.717) is 10.5 Å². The molecule has 1 aromatic carbocycles. The van der Waals surface area contributed by atoms with Crippen molar-refractivity contribution in [3.05, 3.63) is 53.1 Å². The summed E-state index contributed by atoms with van der Waals surface area (Å²) < 4.78 is 9.55. The van der Waals surface area contributed by atoms with Gasteiger partial charge in [0.2, 0.25) is 0 Å². The van der Waals surface area contributed by atoms with Crippen LogP contribution < -0.4 is 5.32 Å². The van der Waals surface area contributed by atoms with Gasteiger partial charge in [-0.25, -0.2) is 14.6 Å². The van der Waals surface area contributed by atoms with Gasteiger partial charge in [0.25, 0.3) is 0 Å². The molecule has 0 radical (unpaired) electrons. The zero-order chi connectivity index (χ0) is 17.5. The highest BCUT2D eigenvalue weighted by molar-refractivity contribution is 7.71. The maximum absolute atomic E-state index is 11.7. The zero-order valence-corrected chi connectivity index (χ0v) is 13.8. The summed E-state index contributed by atoms with van der Waals surface area (Å²) in [4.78, 5) is 30.0. The van der Waals surface area contributed by atoms with E-state index in [1.54, 1.807) is 24.4 Å². The lowest BCUT2D eigenvalue weighted by Crippen LogP contribution is -2.15. The molecule has 2 rings (SSSR count). The summed E-state index contributed by atoms with van der Waals surface area (Å²) >= 11 is 4.99. The number of carbonyl (C=O) groups is 2. The summed E-state index contributed by atoms with van der Waals surface area (Å²) in [6.07, 6.45) is 2.65. The average Bonchev–Trinajstić information content (AvgIpc) is 2.61. The second-order valence-corrected chi connectivity index (χ2v) is 4.95. The Morgan fingerprint density at radius 2 is 1.88 bits per heavy atom. The van der Waals surface area contributed by atoms with Crippen LogP contribution in [-0.2, 0) is 19.1 Å². The van der Waals surface area contributed by atoms with E-state index in [9.17, 15) is 9.59 Å². The SMILES string of the molecule is COC(=O)/C=C(/Nc1ccc(-c2ccnc(=S)[nH]2)cc1)C(=O)OC. The summed E-state index contributed by atoms with van der Waals surface area (Å²) in [6.45, 7) is 0. The molecule has 2 aromatic rings. The molecule has 124 valence electrons. The fraction of sp³-hybridized carbons (Fsp3) is 0.125. The number of rotatable bonds is 5. The highest BCUT2D eigenvalue weighted by Crippen LogP contribution is 2.20. The monoisotopic (exact) mass is 345 g/mol. The van der Waals surface area contributed by atoms with E-state index >= 15 is 0 Å². The van der Waals surface area contributed by atoms with Crippen molar-refractivity contribution in [1.82, 2.24) is 9.97 Å². The van der Waals surface area contributed by atoms with Gasteiger partial charge in [-0.1, -0.05) is 12.1 Å². The van der Waals surface area contributed by atoms with Gasteiger partial charge in [0.05, 0.1) is 20.3 Å². The molecular weight excluding hydrogens is 330 g/mol. The standard InChI is InChI=1S/C16H15N3O4S/c1-22-14(20)9-13(15(21)23-2)18-11-5-3-10(4-6-11)12-7-8-17-16(24)19-12/h3-9,18H,1-2H3,(H,17,19,24)/b13-9+. The molecule has 0 atom stereocenters. The third-order valence-corrected chi connectivity index (χ3v) is 3.23. The van der Waals surface area contributed by atoms with Gasteiger partial charge in [-0.2, -0.15) is 0 Å². The number of methoxy groups -OCH3 is 2. The largest absolute Gasteiger partial charge is 0.466 e. The van der Waals surface area contributed by atoms with Crippen molar-refractivity contribution in [3.63, 3.8) is 0 Å². The predicted molar refractivity (Wildman–Crippen MR) is 90.6 cm³/mol. The first-order valence-corrected chi connectivity index (χ1v) is 7.25. The highest BCUT2D eigenvalue weighted by atomic mass is 32.1. The van der Waals surface area contributed by atoms with Gasteiger partial charge in [-0.05, 0) is 36.0 Å². The third-order valence-electron chi connectivity index (χ3n) is 3.02. The Morgan fingerprint density at radius 3 is 2.46 bits per heavy atom. The quantitative estimate of drug-likeness (QED) is 0.488. The lowest BCUT2D eigenvalue weighted by molar-refractivity contribution is -0.138. The minimum Gasteiger partial charge on any atom is -0.466 e. The van der Waals surface area contributed by atoms with E-state index in [0.717, 1.165) is 17.3 Å². The van der Waals surface area contributed by atoms with Gasteiger partial charge in [0.15, 0.2) is 4.77 Å². The number of nitrogens with zero attached hydrogens (tertiary/aromatic N) is 1. The van der Waals surface area contributed by atoms with Gasteiger partial charge < -0.3 is 19.8 Å². The van der Waals surface area contributed by atoms with Crippen molar-refractivity contribution in [2.24, 2.45) is 0 Å². The molecule has 1 heterocycles. The Kier molecular flexibility index (Phi) is 5.80. The predicted octanol–water partition coefficient (Wildman–Crippen LogP) is 2.45. The number of H-pyrrole nitrogens is 1. The van der Waals surface area contributed by atoms with Crippen LogP contribution in [0.5, 0.6) is 0 Å². The number of hydrogen-bond acceptors (Lipinski definition) is 7. The number of carbonyl (C=O) groups excluding carboxylic acids is 2. The maximum atomic E-state index is 11.7. The molecule has 8 heteroatoms. The van der Waals surface area contributed by atoms with Crippen molar-refractivity contribution in [2.75, 3.05) is 19.5 Å². The molecule has 0 unspecified atom stereocenters. The molecule has 0 aliphatic rings. The zero-order valence-electron chi connectivity index (χ0n) is 13.0. The van der Waals surface area contributed by atoms with E-state index in [1.165, 1.54) is 14.2 Å². The number of aromatic nitrogens is 2. The van der Waals surface area contributed by atoms with Gasteiger partial charge >= 0.3 is 11.9 Å². The number of nitrogens with one attached hydrogen (secondary N) is 2. The summed E-state index contributed by atoms with van der Waals surface area (Å²) in [7, 11) is 2.45. The topological polar surface area (TPSA) is 93.3 Å². The Balaban J connectivity index is 2.23. The second-order valence-electron chi connectivity index (χ2n) is 4.56. The number of aromatic amines is 1. The van der Waals surface area contributed by atoms with Crippen LogP contribution in [0.15, 0.2) is 48.3 Å². The van der Waals surface area contributed by atoms with E-state index in [1.807, 2.05) is 12.1 Å². The first-order chi connectivity index (χ1) is 11.5. The first kappa shape index (κ1) is 17.4. The summed E-state index contributed by atoms with van der Waals surface area (Å²) in [5.74, 6) is -1.34. The number of hydrogen-bond donors (Lipinski definition) is 2. The first-order valence-electron chi connectivity index (χ1n) is 6.84. The van der Waals surface area contributed by atoms with Gasteiger partial charge in [0.1, 0.15) is 5.70 Å². The molecule has 24 heavy (non-hydrogen) atoms. The van der Waals surface area contributed by atoms with E-state index in [4.69, 9.17) is 12.2 Å². The van der Waals surface area contributed by atoms with Gasteiger partial charge in [-0.15, -0.1) is 0 Å². The lowest BCUT2D eigenvalue weighted by Gasteiger charge is -2.10. The summed E-state index contributed by atoms with van der Waals surface area (Å²) in [5.41, 5.74) is 2.29. The van der Waals surface area contributed by atoms with Crippen molar-refractivity contribution in [3.8, 4) is 11.3 Å². The van der Waals surface area contributed by atoms with Gasteiger partial charge in [0, 0.05) is 17.6 Å². The molecule has 1 aromatic heterocycles. The maximum Gasteiger partial charge on any atom is 0.354 e. The normalized spacial score (nSPS) is 10.8. The van der Waals surface area contributed by atoms with Crippen LogP contribution in [0.1, 0.15) is 0 Å². The molecule has 0 aliphatic heterocycles. The van der Waals surface area contributed by atoms with Crippen molar-refractivity contribution < 1.29 is 19.1 Å². The van der Waals surface area contributed by atoms with Crippen LogP contribution in [0.3, 0.4) is 0 Å². The number of anilines is 1. The third kappa shape index (κ3) is 4.50. The number of ether oxygens (including phenoxy) is 2. The lowest BCUT2D eigenvalue weighted by atomic mass is 10.1. The van der Waals surface area contributed by atoms with E-state index in [-0.39, 0.29) is 5.70 Å². The highest BCUT2D eigenvalue weighted by Gasteiger charge is 2.12. The van der Waals surface area contributed by atoms with E-state index < -0.39 is 11.9 Å². The Bertz CT molecular complexity index is 828. The molecule has 0 bridgehead atoms. The fourth-order valence-electron chi connectivity index (χ4n) is 1.86.